The number of benzene rings is 1. The van der Waals surface area contributed by atoms with Crippen LogP contribution in [0.3, 0.4) is 0 Å². The number of hydrogen-bond donors (Lipinski definition) is 1. The van der Waals surface area contributed by atoms with E-state index in [2.05, 4.69) is 15.3 Å². The van der Waals surface area contributed by atoms with Crippen molar-refractivity contribution in [2.45, 2.75) is 17.6 Å². The van der Waals surface area contributed by atoms with Gasteiger partial charge in [0.15, 0.2) is 8.29 Å². The Kier molecular flexibility index (Phi) is 6.13. The van der Waals surface area contributed by atoms with Gasteiger partial charge in [-0.3, -0.25) is 9.69 Å². The zero-order chi connectivity index (χ0) is 16.1. The largest absolute Gasteiger partial charge is 0.355 e. The minimum Gasteiger partial charge on any atom is -0.355 e. The third kappa shape index (κ3) is 4.39. The van der Waals surface area contributed by atoms with E-state index >= 15 is 0 Å². The smallest absolute Gasteiger partial charge is 0.251 e. The Balaban J connectivity index is 1.99. The van der Waals surface area contributed by atoms with E-state index in [-0.39, 0.29) is 5.91 Å². The van der Waals surface area contributed by atoms with E-state index in [9.17, 15) is 4.79 Å². The number of nitrogens with one attached hydrogen (secondary N) is 1. The highest BCUT2D eigenvalue weighted by Gasteiger charge is 2.07. The predicted octanol–water partition coefficient (Wildman–Crippen LogP) is 2.85. The fourth-order valence-corrected chi connectivity index (χ4v) is 3.69. The summed E-state index contributed by atoms with van der Waals surface area (Å²) < 4.78 is 3.60. The van der Waals surface area contributed by atoms with Crippen LogP contribution >= 0.6 is 35.3 Å². The Morgan fingerprint density at radius 3 is 2.68 bits per heavy atom. The molecule has 1 aromatic carbocycles. The molecule has 0 aliphatic rings. The van der Waals surface area contributed by atoms with Gasteiger partial charge in [-0.05, 0) is 43.2 Å². The van der Waals surface area contributed by atoms with E-state index in [1.807, 2.05) is 42.3 Å². The number of thioether (sulfide) groups is 1. The SMILES string of the molecule is CNC(=O)c1ccc(CN(C)Cn2nc(SC)sc2=S)cc1. The zero-order valence-electron chi connectivity index (χ0n) is 12.7. The van der Waals surface area contributed by atoms with Gasteiger partial charge in [-0.25, -0.2) is 4.68 Å². The maximum absolute atomic E-state index is 11.5. The molecule has 1 aromatic heterocycles. The van der Waals surface area contributed by atoms with E-state index in [0.29, 0.717) is 12.2 Å². The number of nitrogens with zero attached hydrogens (tertiary/aromatic N) is 3. The zero-order valence-corrected chi connectivity index (χ0v) is 15.1. The summed E-state index contributed by atoms with van der Waals surface area (Å²) in [4.78, 5) is 13.6. The molecule has 0 spiro atoms. The quantitative estimate of drug-likeness (QED) is 0.638. The van der Waals surface area contributed by atoms with E-state index in [1.165, 1.54) is 11.3 Å². The average molecular weight is 355 g/mol. The van der Waals surface area contributed by atoms with E-state index < -0.39 is 0 Å². The Morgan fingerprint density at radius 1 is 1.45 bits per heavy atom. The van der Waals surface area contributed by atoms with Crippen LogP contribution in [0.25, 0.3) is 0 Å². The molecule has 0 atom stereocenters. The molecule has 8 heteroatoms. The molecule has 22 heavy (non-hydrogen) atoms. The lowest BCUT2D eigenvalue weighted by molar-refractivity contribution is 0.0963. The van der Waals surface area contributed by atoms with E-state index in [1.54, 1.807) is 18.8 Å². The van der Waals surface area contributed by atoms with Crippen LogP contribution in [0.1, 0.15) is 15.9 Å². The van der Waals surface area contributed by atoms with Gasteiger partial charge in [-0.2, -0.15) is 5.10 Å². The molecule has 1 amide bonds. The van der Waals surface area contributed by atoms with E-state index in [4.69, 9.17) is 12.2 Å². The van der Waals surface area contributed by atoms with Crippen LogP contribution in [0.5, 0.6) is 0 Å². The number of carbonyl (C=O) groups excluding carboxylic acids is 1. The maximum Gasteiger partial charge on any atom is 0.251 e. The first kappa shape index (κ1) is 17.1. The molecule has 0 fully saturated rings. The first-order chi connectivity index (χ1) is 10.5. The molecule has 0 bridgehead atoms. The summed E-state index contributed by atoms with van der Waals surface area (Å²) in [5.41, 5.74) is 1.81. The molecule has 0 saturated carbocycles. The van der Waals surface area contributed by atoms with Gasteiger partial charge in [0.2, 0.25) is 0 Å². The number of rotatable bonds is 6. The lowest BCUT2D eigenvalue weighted by Gasteiger charge is -2.16. The van der Waals surface area contributed by atoms with Crippen LogP contribution in [0.15, 0.2) is 28.6 Å². The first-order valence-electron chi connectivity index (χ1n) is 6.65. The monoisotopic (exact) mass is 354 g/mol. The third-order valence-corrected chi connectivity index (χ3v) is 5.32. The lowest BCUT2D eigenvalue weighted by atomic mass is 10.1. The minimum absolute atomic E-state index is 0.0710. The molecule has 0 aliphatic heterocycles. The van der Waals surface area contributed by atoms with Gasteiger partial charge in [0.05, 0.1) is 6.67 Å². The molecule has 1 heterocycles. The van der Waals surface area contributed by atoms with Crippen LogP contribution in [0.4, 0.5) is 0 Å². The molecule has 1 N–H and O–H groups in total. The van der Waals surface area contributed by atoms with Crippen LogP contribution in [-0.2, 0) is 13.2 Å². The molecular weight excluding hydrogens is 336 g/mol. The molecule has 0 unspecified atom stereocenters. The van der Waals surface area contributed by atoms with Crippen molar-refractivity contribution < 1.29 is 4.79 Å². The third-order valence-electron chi connectivity index (χ3n) is 3.03. The van der Waals surface area contributed by atoms with Gasteiger partial charge in [-0.1, -0.05) is 35.2 Å². The summed E-state index contributed by atoms with van der Waals surface area (Å²) in [6.07, 6.45) is 2.00. The van der Waals surface area contributed by atoms with Crippen molar-refractivity contribution in [2.24, 2.45) is 0 Å². The Hall–Kier alpha value is -1.22. The summed E-state index contributed by atoms with van der Waals surface area (Å²) in [7, 11) is 3.65. The molecule has 118 valence electrons. The second-order valence-corrected chi connectivity index (χ2v) is 7.45. The highest BCUT2D eigenvalue weighted by Crippen LogP contribution is 2.19. The van der Waals surface area contributed by atoms with Crippen molar-refractivity contribution in [3.05, 3.63) is 39.3 Å². The van der Waals surface area contributed by atoms with Gasteiger partial charge in [-0.15, -0.1) is 0 Å². The summed E-state index contributed by atoms with van der Waals surface area (Å²) in [6, 6.07) is 7.61. The van der Waals surface area contributed by atoms with Gasteiger partial charge < -0.3 is 5.32 Å². The van der Waals surface area contributed by atoms with Crippen molar-refractivity contribution in [1.82, 2.24) is 20.0 Å². The van der Waals surface area contributed by atoms with Crippen LogP contribution in [-0.4, -0.2) is 40.9 Å². The lowest BCUT2D eigenvalue weighted by Crippen LogP contribution is -2.22. The van der Waals surface area contributed by atoms with E-state index in [0.717, 1.165) is 20.4 Å². The molecule has 0 aliphatic carbocycles. The Bertz CT molecular complexity index is 693. The molecule has 2 rings (SSSR count). The summed E-state index contributed by atoms with van der Waals surface area (Å²) in [5, 5.41) is 7.07. The van der Waals surface area contributed by atoms with Crippen molar-refractivity contribution in [3.8, 4) is 0 Å². The topological polar surface area (TPSA) is 50.2 Å². The molecular formula is C14H18N4OS3. The predicted molar refractivity (Wildman–Crippen MR) is 94.0 cm³/mol. The fourth-order valence-electron chi connectivity index (χ4n) is 1.96. The fraction of sp³-hybridized carbons (Fsp3) is 0.357. The van der Waals surface area contributed by atoms with Crippen LogP contribution < -0.4 is 5.32 Å². The normalized spacial score (nSPS) is 10.9. The summed E-state index contributed by atoms with van der Waals surface area (Å²) in [5.74, 6) is -0.0710. The summed E-state index contributed by atoms with van der Waals surface area (Å²) >= 11 is 8.45. The molecule has 5 nitrogen and oxygen atoms in total. The van der Waals surface area contributed by atoms with Crippen LogP contribution in [0.2, 0.25) is 0 Å². The Labute approximate surface area is 143 Å². The Morgan fingerprint density at radius 2 is 2.14 bits per heavy atom. The van der Waals surface area contributed by atoms with Gasteiger partial charge in [0.1, 0.15) is 0 Å². The number of aromatic nitrogens is 2. The van der Waals surface area contributed by atoms with Gasteiger partial charge >= 0.3 is 0 Å². The standard InChI is InChI=1S/C14H18N4OS3/c1-15-12(19)11-6-4-10(5-7-11)8-17(2)9-18-14(20)22-13(16-18)21-3/h4-7H,8-9H2,1-3H3,(H,15,19). The second-order valence-electron chi connectivity index (χ2n) is 4.77. The second kappa shape index (κ2) is 7.87. The number of hydrogen-bond acceptors (Lipinski definition) is 6. The number of carbonyl (C=O) groups is 1. The van der Waals surface area contributed by atoms with Gasteiger partial charge in [0, 0.05) is 19.2 Å². The van der Waals surface area contributed by atoms with Crippen LogP contribution in [0, 0.1) is 3.95 Å². The van der Waals surface area contributed by atoms with Crippen molar-refractivity contribution >= 4 is 41.2 Å². The molecule has 0 saturated heterocycles. The molecule has 2 aromatic rings. The van der Waals surface area contributed by atoms with Crippen molar-refractivity contribution in [1.29, 1.82) is 0 Å². The summed E-state index contributed by atoms with van der Waals surface area (Å²) in [6.45, 7) is 1.41. The number of amides is 1. The maximum atomic E-state index is 11.5. The molecule has 0 radical (unpaired) electrons. The highest BCUT2D eigenvalue weighted by molar-refractivity contribution is 8.00. The average Bonchev–Trinajstić information content (AvgIpc) is 2.87. The first-order valence-corrected chi connectivity index (χ1v) is 9.10. The van der Waals surface area contributed by atoms with Gasteiger partial charge in [0.25, 0.3) is 5.91 Å². The van der Waals surface area contributed by atoms with Crippen molar-refractivity contribution in [2.75, 3.05) is 20.4 Å². The minimum atomic E-state index is -0.0710. The van der Waals surface area contributed by atoms with Crippen molar-refractivity contribution in [3.63, 3.8) is 0 Å². The highest BCUT2D eigenvalue weighted by atomic mass is 32.2.